The van der Waals surface area contributed by atoms with E-state index in [0.29, 0.717) is 37.7 Å². The Balaban J connectivity index is 0.000000905. The Labute approximate surface area is 205 Å². The molecule has 11 heteroatoms. The number of carbonyl (C=O) groups excluding carboxylic acids is 2. The molecule has 1 amide bonds. The molecule has 0 aromatic heterocycles. The van der Waals surface area contributed by atoms with Crippen molar-refractivity contribution in [3.63, 3.8) is 0 Å². The van der Waals surface area contributed by atoms with Crippen LogP contribution >= 0.6 is 0 Å². The number of hydroxylamine groups is 2. The number of amides is 1. The third-order valence-electron chi connectivity index (χ3n) is 5.92. The SMILES string of the molecule is CCCC(C)N1CCC(C(=O)OC)(N(OCc2ccccc2OC)C(C)=O)CC1.O=C(O)C(=O)O. The molecular formula is C24H36N2O9. The third-order valence-corrected chi connectivity index (χ3v) is 5.92. The Kier molecular flexibility index (Phi) is 12.2. The molecule has 0 radical (unpaired) electrons. The fourth-order valence-electron chi connectivity index (χ4n) is 4.09. The first-order valence-electron chi connectivity index (χ1n) is 11.4. The van der Waals surface area contributed by atoms with Gasteiger partial charge in [0.1, 0.15) is 12.4 Å². The van der Waals surface area contributed by atoms with Crippen molar-refractivity contribution in [2.24, 2.45) is 0 Å². The molecule has 1 aliphatic heterocycles. The van der Waals surface area contributed by atoms with Crippen molar-refractivity contribution in [2.75, 3.05) is 27.3 Å². The van der Waals surface area contributed by atoms with Crippen molar-refractivity contribution in [3.8, 4) is 5.75 Å². The van der Waals surface area contributed by atoms with Crippen molar-refractivity contribution >= 4 is 23.8 Å². The molecule has 1 heterocycles. The fourth-order valence-corrected chi connectivity index (χ4v) is 4.09. The lowest BCUT2D eigenvalue weighted by molar-refractivity contribution is -0.240. The predicted molar refractivity (Wildman–Crippen MR) is 125 cm³/mol. The van der Waals surface area contributed by atoms with Gasteiger partial charge in [0.25, 0.3) is 0 Å². The highest BCUT2D eigenvalue weighted by atomic mass is 16.7. The lowest BCUT2D eigenvalue weighted by atomic mass is 9.86. The van der Waals surface area contributed by atoms with Crippen LogP contribution in [0.5, 0.6) is 5.75 Å². The highest BCUT2D eigenvalue weighted by Crippen LogP contribution is 2.33. The zero-order valence-electron chi connectivity index (χ0n) is 21.0. The summed E-state index contributed by atoms with van der Waals surface area (Å²) in [5.74, 6) is -3.73. The van der Waals surface area contributed by atoms with E-state index in [1.807, 2.05) is 24.3 Å². The summed E-state index contributed by atoms with van der Waals surface area (Å²) in [6, 6.07) is 7.89. The summed E-state index contributed by atoms with van der Waals surface area (Å²) in [5, 5.41) is 16.0. The zero-order valence-corrected chi connectivity index (χ0v) is 21.0. The molecule has 1 fully saturated rings. The number of ether oxygens (including phenoxy) is 2. The Morgan fingerprint density at radius 3 is 2.11 bits per heavy atom. The second-order valence-corrected chi connectivity index (χ2v) is 8.21. The molecule has 1 aromatic rings. The van der Waals surface area contributed by atoms with Gasteiger partial charge in [0.05, 0.1) is 14.2 Å². The Morgan fingerprint density at radius 2 is 1.66 bits per heavy atom. The molecule has 1 aromatic carbocycles. The average molecular weight is 497 g/mol. The van der Waals surface area contributed by atoms with Crippen molar-refractivity contribution in [1.82, 2.24) is 9.96 Å². The van der Waals surface area contributed by atoms with Crippen molar-refractivity contribution < 1.29 is 43.7 Å². The van der Waals surface area contributed by atoms with Crippen LogP contribution in [0, 0.1) is 0 Å². The van der Waals surface area contributed by atoms with Crippen molar-refractivity contribution in [3.05, 3.63) is 29.8 Å². The molecule has 1 unspecified atom stereocenters. The van der Waals surface area contributed by atoms with Crippen LogP contribution in [0.15, 0.2) is 24.3 Å². The molecule has 35 heavy (non-hydrogen) atoms. The van der Waals surface area contributed by atoms with Crippen LogP contribution in [-0.2, 0) is 35.4 Å². The molecule has 0 spiro atoms. The Hall–Kier alpha value is -3.18. The standard InChI is InChI=1S/C22H34N2O5.C2H2O4/c1-6-9-17(2)23-14-12-22(13-15-23,21(26)28-5)24(18(3)25)29-16-19-10-7-8-11-20(19)27-4;3-1(4)2(5)6/h7-8,10-11,17H,6,9,12-16H2,1-5H3;(H,3,4)(H,5,6). The molecular weight excluding hydrogens is 460 g/mol. The lowest BCUT2D eigenvalue weighted by Crippen LogP contribution is -2.62. The van der Waals surface area contributed by atoms with Gasteiger partial charge in [0, 0.05) is 31.6 Å². The maximum absolute atomic E-state index is 12.8. The number of carboxylic acids is 2. The summed E-state index contributed by atoms with van der Waals surface area (Å²) >= 11 is 0. The second kappa shape index (κ2) is 14.3. The maximum atomic E-state index is 12.8. The number of methoxy groups -OCH3 is 2. The highest BCUT2D eigenvalue weighted by Gasteiger charge is 2.50. The summed E-state index contributed by atoms with van der Waals surface area (Å²) in [7, 11) is 2.94. The van der Waals surface area contributed by atoms with E-state index in [9.17, 15) is 9.59 Å². The largest absolute Gasteiger partial charge is 0.496 e. The minimum atomic E-state index is -1.82. The van der Waals surface area contributed by atoms with Gasteiger partial charge in [-0.05, 0) is 32.3 Å². The van der Waals surface area contributed by atoms with E-state index in [4.69, 9.17) is 34.1 Å². The number of carboxylic acid groups (broad SMARTS) is 2. The zero-order chi connectivity index (χ0) is 26.6. The number of hydrogen-bond donors (Lipinski definition) is 2. The molecule has 1 aliphatic rings. The van der Waals surface area contributed by atoms with Gasteiger partial charge in [-0.3, -0.25) is 9.63 Å². The number of esters is 1. The first-order chi connectivity index (χ1) is 16.5. The quantitative estimate of drug-likeness (QED) is 0.297. The van der Waals surface area contributed by atoms with Crippen LogP contribution < -0.4 is 4.74 Å². The van der Waals surface area contributed by atoms with Gasteiger partial charge in [0.15, 0.2) is 5.54 Å². The van der Waals surface area contributed by atoms with Crippen LogP contribution in [0.1, 0.15) is 52.0 Å². The van der Waals surface area contributed by atoms with Crippen LogP contribution in [0.25, 0.3) is 0 Å². The summed E-state index contributed by atoms with van der Waals surface area (Å²) < 4.78 is 10.5. The number of nitrogens with zero attached hydrogens (tertiary/aromatic N) is 2. The molecule has 0 bridgehead atoms. The van der Waals surface area contributed by atoms with E-state index in [1.165, 1.54) is 19.1 Å². The number of aliphatic carboxylic acids is 2. The number of rotatable bonds is 9. The van der Waals surface area contributed by atoms with Gasteiger partial charge in [-0.2, -0.15) is 0 Å². The topological polar surface area (TPSA) is 143 Å². The third kappa shape index (κ3) is 8.22. The first kappa shape index (κ1) is 29.9. The molecule has 2 N–H and O–H groups in total. The second-order valence-electron chi connectivity index (χ2n) is 8.21. The first-order valence-corrected chi connectivity index (χ1v) is 11.4. The average Bonchev–Trinajstić information content (AvgIpc) is 2.84. The number of benzene rings is 1. The lowest BCUT2D eigenvalue weighted by Gasteiger charge is -2.46. The van der Waals surface area contributed by atoms with Gasteiger partial charge in [-0.15, -0.1) is 0 Å². The minimum Gasteiger partial charge on any atom is -0.496 e. The smallest absolute Gasteiger partial charge is 0.414 e. The van der Waals surface area contributed by atoms with Gasteiger partial charge >= 0.3 is 17.9 Å². The van der Waals surface area contributed by atoms with E-state index >= 15 is 0 Å². The normalized spacial score (nSPS) is 15.7. The van der Waals surface area contributed by atoms with Gasteiger partial charge in [-0.25, -0.2) is 19.4 Å². The predicted octanol–water partition coefficient (Wildman–Crippen LogP) is 2.33. The van der Waals surface area contributed by atoms with Crippen LogP contribution in [0.2, 0.25) is 0 Å². The number of carbonyl (C=O) groups is 4. The van der Waals surface area contributed by atoms with E-state index in [-0.39, 0.29) is 12.5 Å². The van der Waals surface area contributed by atoms with E-state index < -0.39 is 23.4 Å². The molecule has 0 saturated carbocycles. The number of piperidine rings is 1. The van der Waals surface area contributed by atoms with Crippen molar-refractivity contribution in [2.45, 2.75) is 64.6 Å². The Bertz CT molecular complexity index is 854. The molecule has 2 rings (SSSR count). The molecule has 11 nitrogen and oxygen atoms in total. The molecule has 0 aliphatic carbocycles. The summed E-state index contributed by atoms with van der Waals surface area (Å²) in [4.78, 5) is 51.8. The Morgan fingerprint density at radius 1 is 1.09 bits per heavy atom. The van der Waals surface area contributed by atoms with E-state index in [0.717, 1.165) is 18.4 Å². The van der Waals surface area contributed by atoms with Crippen LogP contribution in [-0.4, -0.2) is 82.9 Å². The van der Waals surface area contributed by atoms with Gasteiger partial charge < -0.3 is 24.6 Å². The van der Waals surface area contributed by atoms with Gasteiger partial charge in [-0.1, -0.05) is 31.5 Å². The molecule has 1 atom stereocenters. The maximum Gasteiger partial charge on any atom is 0.414 e. The monoisotopic (exact) mass is 496 g/mol. The summed E-state index contributed by atoms with van der Waals surface area (Å²) in [5.41, 5.74) is -0.319. The number of likely N-dealkylation sites (tertiary alicyclic amines) is 1. The number of para-hydroxylation sites is 1. The highest BCUT2D eigenvalue weighted by molar-refractivity contribution is 6.27. The van der Waals surface area contributed by atoms with Gasteiger partial charge in [0.2, 0.25) is 5.91 Å². The minimum absolute atomic E-state index is 0.123. The fraction of sp³-hybridized carbons (Fsp3) is 0.583. The van der Waals surface area contributed by atoms with Crippen LogP contribution in [0.3, 0.4) is 0 Å². The van der Waals surface area contributed by atoms with E-state index in [2.05, 4.69) is 18.7 Å². The van der Waals surface area contributed by atoms with Crippen LogP contribution in [0.4, 0.5) is 0 Å². The molecule has 1 saturated heterocycles. The summed E-state index contributed by atoms with van der Waals surface area (Å²) in [6.07, 6.45) is 3.16. The van der Waals surface area contributed by atoms with E-state index in [1.54, 1.807) is 7.11 Å². The van der Waals surface area contributed by atoms with Crippen molar-refractivity contribution in [1.29, 1.82) is 0 Å². The number of hydrogen-bond acceptors (Lipinski definition) is 8. The molecule has 196 valence electrons. The summed E-state index contributed by atoms with van der Waals surface area (Å²) in [6.45, 7) is 7.32.